The largest absolute Gasteiger partial charge is 0.508 e. The molecule has 0 bridgehead atoms. The Labute approximate surface area is 171 Å². The van der Waals surface area contributed by atoms with Gasteiger partial charge < -0.3 is 24.0 Å². The number of hydrogen-bond acceptors (Lipinski definition) is 6. The molecular weight excluding hydrogens is 384 g/mol. The number of aromatic hydroxyl groups is 2. The third-order valence-corrected chi connectivity index (χ3v) is 5.43. The van der Waals surface area contributed by atoms with E-state index in [2.05, 4.69) is 5.16 Å². The van der Waals surface area contributed by atoms with Gasteiger partial charge in [0.15, 0.2) is 5.76 Å². The van der Waals surface area contributed by atoms with Crippen molar-refractivity contribution in [1.82, 2.24) is 9.72 Å². The first-order chi connectivity index (χ1) is 14.4. The molecule has 4 aromatic rings. The number of carbonyl (C=O) groups is 1. The van der Waals surface area contributed by atoms with Gasteiger partial charge in [-0.2, -0.15) is 0 Å². The number of ether oxygens (including phenoxy) is 1. The minimum absolute atomic E-state index is 0.0400. The molecule has 150 valence electrons. The van der Waals surface area contributed by atoms with Crippen molar-refractivity contribution in [3.8, 4) is 28.5 Å². The van der Waals surface area contributed by atoms with Gasteiger partial charge in [0, 0.05) is 35.6 Å². The van der Waals surface area contributed by atoms with Crippen molar-refractivity contribution in [2.24, 2.45) is 7.05 Å². The van der Waals surface area contributed by atoms with Gasteiger partial charge in [-0.15, -0.1) is 0 Å². The van der Waals surface area contributed by atoms with Crippen LogP contribution in [-0.2, 0) is 7.05 Å². The van der Waals surface area contributed by atoms with Crippen molar-refractivity contribution in [2.45, 2.75) is 13.8 Å². The Morgan fingerprint density at radius 2 is 1.87 bits per heavy atom. The minimum atomic E-state index is -0.444. The zero-order chi connectivity index (χ0) is 21.2. The molecule has 3 heterocycles. The van der Waals surface area contributed by atoms with Crippen LogP contribution in [-0.4, -0.2) is 25.7 Å². The monoisotopic (exact) mass is 402 g/mol. The molecule has 2 aromatic heterocycles. The lowest BCUT2D eigenvalue weighted by atomic mass is 10.0. The average molecular weight is 402 g/mol. The van der Waals surface area contributed by atoms with E-state index in [1.807, 2.05) is 49.7 Å². The van der Waals surface area contributed by atoms with E-state index in [1.54, 1.807) is 6.08 Å². The smallest absolute Gasteiger partial charge is 0.235 e. The molecule has 0 unspecified atom stereocenters. The Morgan fingerprint density at radius 1 is 1.10 bits per heavy atom. The summed E-state index contributed by atoms with van der Waals surface area (Å²) in [5.41, 5.74) is 4.23. The molecule has 0 atom stereocenters. The number of hydrogen-bond donors (Lipinski definition) is 2. The lowest BCUT2D eigenvalue weighted by Gasteiger charge is -2.06. The molecular formula is C23H18N2O5. The Hall–Kier alpha value is -4.00. The van der Waals surface area contributed by atoms with Crippen LogP contribution in [0, 0.1) is 13.8 Å². The van der Waals surface area contributed by atoms with E-state index < -0.39 is 5.78 Å². The van der Waals surface area contributed by atoms with E-state index in [9.17, 15) is 15.0 Å². The molecule has 1 aliphatic rings. The van der Waals surface area contributed by atoms with Crippen molar-refractivity contribution >= 4 is 22.8 Å². The molecule has 0 radical (unpaired) electrons. The van der Waals surface area contributed by atoms with Crippen LogP contribution in [0.2, 0.25) is 0 Å². The summed E-state index contributed by atoms with van der Waals surface area (Å²) < 4.78 is 13.1. The molecule has 7 nitrogen and oxygen atoms in total. The molecule has 1 aliphatic heterocycles. The fourth-order valence-electron chi connectivity index (χ4n) is 4.10. The molecule has 0 fully saturated rings. The summed E-state index contributed by atoms with van der Waals surface area (Å²) in [5.74, 6) is -0.0787. The first kappa shape index (κ1) is 18.1. The van der Waals surface area contributed by atoms with Crippen LogP contribution in [0.25, 0.3) is 28.2 Å². The predicted octanol–water partition coefficient (Wildman–Crippen LogP) is 4.48. The number of aryl methyl sites for hydroxylation is 3. The number of rotatable bonds is 2. The molecule has 0 aliphatic carbocycles. The molecule has 2 N–H and O–H groups in total. The number of fused-ring (bicyclic) bond motifs is 2. The predicted molar refractivity (Wildman–Crippen MR) is 111 cm³/mol. The minimum Gasteiger partial charge on any atom is -0.508 e. The van der Waals surface area contributed by atoms with Crippen molar-refractivity contribution in [1.29, 1.82) is 0 Å². The fraction of sp³-hybridized carbons (Fsp3) is 0.130. The zero-order valence-corrected chi connectivity index (χ0v) is 16.6. The summed E-state index contributed by atoms with van der Waals surface area (Å²) in [6, 6.07) is 10.3. The van der Waals surface area contributed by atoms with Crippen LogP contribution in [0.4, 0.5) is 0 Å². The molecule has 0 saturated heterocycles. The van der Waals surface area contributed by atoms with Crippen LogP contribution in [0.1, 0.15) is 27.4 Å². The van der Waals surface area contributed by atoms with Gasteiger partial charge >= 0.3 is 0 Å². The van der Waals surface area contributed by atoms with Crippen LogP contribution in [0.5, 0.6) is 17.2 Å². The highest BCUT2D eigenvalue weighted by Crippen LogP contribution is 2.43. The number of allylic oxidation sites excluding steroid dienone is 1. The number of para-hydroxylation sites is 1. The maximum Gasteiger partial charge on any atom is 0.235 e. The lowest BCUT2D eigenvalue weighted by molar-refractivity contribution is 0.101. The Kier molecular flexibility index (Phi) is 3.76. The van der Waals surface area contributed by atoms with Gasteiger partial charge in [-0.25, -0.2) is 0 Å². The number of phenolic OH excluding ortho intramolecular Hbond substituents is 2. The first-order valence-corrected chi connectivity index (χ1v) is 9.37. The number of aromatic nitrogens is 2. The third kappa shape index (κ3) is 2.45. The zero-order valence-electron chi connectivity index (χ0n) is 16.6. The number of benzene rings is 2. The molecule has 7 heteroatoms. The summed E-state index contributed by atoms with van der Waals surface area (Å²) in [6.45, 7) is 3.71. The van der Waals surface area contributed by atoms with Gasteiger partial charge in [0.05, 0.1) is 17.0 Å². The third-order valence-electron chi connectivity index (χ3n) is 5.43. The molecule has 30 heavy (non-hydrogen) atoms. The maximum atomic E-state index is 12.9. The SMILES string of the molecule is Cc1noc(C)c1-c1c(/C=C2\Oc3cc(O)cc(O)c3C2=O)c2ccccc2n1C. The lowest BCUT2D eigenvalue weighted by Crippen LogP contribution is -1.99. The van der Waals surface area contributed by atoms with Gasteiger partial charge in [0.2, 0.25) is 5.78 Å². The number of ketones is 1. The Morgan fingerprint density at radius 3 is 2.60 bits per heavy atom. The average Bonchev–Trinajstić information content (AvgIpc) is 3.29. The number of Topliss-reactive ketones (excluding diaryl/α,β-unsaturated/α-hetero) is 1. The van der Waals surface area contributed by atoms with Crippen LogP contribution < -0.4 is 4.74 Å². The van der Waals surface area contributed by atoms with Crippen molar-refractivity contribution in [3.05, 3.63) is 64.7 Å². The molecule has 0 spiro atoms. The topological polar surface area (TPSA) is 97.7 Å². The van der Waals surface area contributed by atoms with Crippen LogP contribution in [0.15, 0.2) is 46.7 Å². The summed E-state index contributed by atoms with van der Waals surface area (Å²) in [4.78, 5) is 12.9. The van der Waals surface area contributed by atoms with E-state index >= 15 is 0 Å². The van der Waals surface area contributed by atoms with Crippen molar-refractivity contribution in [2.75, 3.05) is 0 Å². The van der Waals surface area contributed by atoms with E-state index in [0.29, 0.717) is 5.76 Å². The molecule has 5 rings (SSSR count). The summed E-state index contributed by atoms with van der Waals surface area (Å²) >= 11 is 0. The summed E-state index contributed by atoms with van der Waals surface area (Å²) in [5, 5.41) is 24.8. The maximum absolute atomic E-state index is 12.9. The summed E-state index contributed by atoms with van der Waals surface area (Å²) in [6.07, 6.45) is 1.67. The first-order valence-electron chi connectivity index (χ1n) is 9.37. The Balaban J connectivity index is 1.78. The molecule has 0 saturated carbocycles. The van der Waals surface area contributed by atoms with E-state index in [-0.39, 0.29) is 28.6 Å². The van der Waals surface area contributed by atoms with Gasteiger partial charge in [-0.3, -0.25) is 4.79 Å². The van der Waals surface area contributed by atoms with E-state index in [1.165, 1.54) is 6.07 Å². The fourth-order valence-corrected chi connectivity index (χ4v) is 4.10. The van der Waals surface area contributed by atoms with E-state index in [0.717, 1.165) is 39.5 Å². The van der Waals surface area contributed by atoms with Crippen LogP contribution >= 0.6 is 0 Å². The van der Waals surface area contributed by atoms with Crippen LogP contribution in [0.3, 0.4) is 0 Å². The highest BCUT2D eigenvalue weighted by Gasteiger charge is 2.32. The molecule has 2 aromatic carbocycles. The van der Waals surface area contributed by atoms with Gasteiger partial charge in [-0.05, 0) is 26.0 Å². The standard InChI is InChI=1S/C23H18N2O5/c1-11-20(12(2)30-24-11)22-15(14-6-4-5-7-16(14)25(22)3)10-19-23(28)21-17(27)8-13(26)9-18(21)29-19/h4-10,26-27H,1-3H3/b19-10-. The highest BCUT2D eigenvalue weighted by atomic mass is 16.5. The number of phenols is 2. The van der Waals surface area contributed by atoms with Gasteiger partial charge in [0.25, 0.3) is 0 Å². The number of nitrogens with zero attached hydrogens (tertiary/aromatic N) is 2. The Bertz CT molecular complexity index is 1370. The van der Waals surface area contributed by atoms with Gasteiger partial charge in [0.1, 0.15) is 28.6 Å². The van der Waals surface area contributed by atoms with Gasteiger partial charge in [-0.1, -0.05) is 23.4 Å². The van der Waals surface area contributed by atoms with E-state index in [4.69, 9.17) is 9.26 Å². The van der Waals surface area contributed by atoms with Crippen molar-refractivity contribution < 1.29 is 24.3 Å². The number of carbonyl (C=O) groups excluding carboxylic acids is 1. The second kappa shape index (κ2) is 6.25. The summed E-state index contributed by atoms with van der Waals surface area (Å²) in [7, 11) is 1.95. The quantitative estimate of drug-likeness (QED) is 0.480. The molecule has 0 amide bonds. The van der Waals surface area contributed by atoms with Crippen molar-refractivity contribution in [3.63, 3.8) is 0 Å². The second-order valence-corrected chi connectivity index (χ2v) is 7.32. The highest BCUT2D eigenvalue weighted by molar-refractivity contribution is 6.17. The second-order valence-electron chi connectivity index (χ2n) is 7.32. The normalized spacial score (nSPS) is 14.5.